The molecule has 0 aliphatic rings. The second kappa shape index (κ2) is 12.8. The molecule has 0 aliphatic carbocycles. The molecule has 9 heteroatoms. The SMILES string of the molecule is CC(C)[C@H](C)NC(=O)Nc1cccc(-c2nc3ccccn3c2-c2ccnc(Nc3cccc(CCN(C)C)c3)n2)c1. The predicted molar refractivity (Wildman–Crippen MR) is 170 cm³/mol. The summed E-state index contributed by atoms with van der Waals surface area (Å²) < 4.78 is 2.03. The number of imidazole rings is 1. The van der Waals surface area contributed by atoms with Gasteiger partial charge in [0.05, 0.1) is 17.1 Å². The van der Waals surface area contributed by atoms with E-state index in [4.69, 9.17) is 9.97 Å². The van der Waals surface area contributed by atoms with E-state index >= 15 is 0 Å². The van der Waals surface area contributed by atoms with Crippen LogP contribution in [-0.2, 0) is 6.42 Å². The number of nitrogens with zero attached hydrogens (tertiary/aromatic N) is 5. The van der Waals surface area contributed by atoms with Crippen molar-refractivity contribution < 1.29 is 4.79 Å². The number of anilines is 3. The van der Waals surface area contributed by atoms with Crippen molar-refractivity contribution in [1.29, 1.82) is 0 Å². The van der Waals surface area contributed by atoms with Gasteiger partial charge in [0, 0.05) is 41.9 Å². The summed E-state index contributed by atoms with van der Waals surface area (Å²) in [4.78, 5) is 29.1. The summed E-state index contributed by atoms with van der Waals surface area (Å²) in [6, 6.07) is 23.7. The third-order valence-corrected chi connectivity index (χ3v) is 7.21. The quantitative estimate of drug-likeness (QED) is 0.180. The van der Waals surface area contributed by atoms with Crippen LogP contribution in [0.1, 0.15) is 26.3 Å². The maximum Gasteiger partial charge on any atom is 0.319 e. The largest absolute Gasteiger partial charge is 0.335 e. The van der Waals surface area contributed by atoms with Crippen molar-refractivity contribution in [1.82, 2.24) is 29.6 Å². The second-order valence-electron chi connectivity index (χ2n) is 11.1. The Balaban J connectivity index is 1.46. The van der Waals surface area contributed by atoms with E-state index in [-0.39, 0.29) is 12.1 Å². The molecule has 5 rings (SSSR count). The van der Waals surface area contributed by atoms with Crippen molar-refractivity contribution >= 4 is 29.0 Å². The molecule has 0 saturated heterocycles. The Morgan fingerprint density at radius 3 is 2.55 bits per heavy atom. The zero-order chi connectivity index (χ0) is 29.6. The molecular formula is C33H38N8O. The Hall–Kier alpha value is -4.76. The molecule has 5 aromatic rings. The van der Waals surface area contributed by atoms with Gasteiger partial charge >= 0.3 is 6.03 Å². The van der Waals surface area contributed by atoms with Crippen molar-refractivity contribution in [2.24, 2.45) is 5.92 Å². The molecule has 0 radical (unpaired) electrons. The van der Waals surface area contributed by atoms with Gasteiger partial charge in [0.2, 0.25) is 5.95 Å². The Morgan fingerprint density at radius 1 is 0.929 bits per heavy atom. The first kappa shape index (κ1) is 28.8. The lowest BCUT2D eigenvalue weighted by atomic mass is 10.1. The topological polar surface area (TPSA) is 99.5 Å². The van der Waals surface area contributed by atoms with E-state index in [2.05, 4.69) is 65.9 Å². The van der Waals surface area contributed by atoms with Gasteiger partial charge in [-0.15, -0.1) is 0 Å². The molecule has 216 valence electrons. The minimum atomic E-state index is -0.235. The van der Waals surface area contributed by atoms with E-state index < -0.39 is 0 Å². The molecule has 0 unspecified atom stereocenters. The maximum absolute atomic E-state index is 12.6. The number of fused-ring (bicyclic) bond motifs is 1. The van der Waals surface area contributed by atoms with Gasteiger partial charge in [-0.1, -0.05) is 44.2 Å². The number of benzene rings is 2. The van der Waals surface area contributed by atoms with Crippen molar-refractivity contribution in [3.05, 3.63) is 90.8 Å². The molecule has 2 aromatic carbocycles. The first-order valence-corrected chi connectivity index (χ1v) is 14.3. The van der Waals surface area contributed by atoms with Gasteiger partial charge in [-0.05, 0) is 81.4 Å². The molecule has 1 atom stereocenters. The Bertz CT molecular complexity index is 1680. The molecule has 0 saturated carbocycles. The molecule has 0 spiro atoms. The molecule has 0 aliphatic heterocycles. The Kier molecular flexibility index (Phi) is 8.78. The lowest BCUT2D eigenvalue weighted by Crippen LogP contribution is -2.38. The number of carbonyl (C=O) groups is 1. The zero-order valence-electron chi connectivity index (χ0n) is 24.8. The number of urea groups is 1. The number of hydrogen-bond donors (Lipinski definition) is 3. The summed E-state index contributed by atoms with van der Waals surface area (Å²) in [6.07, 6.45) is 4.69. The van der Waals surface area contributed by atoms with Crippen molar-refractivity contribution in [2.45, 2.75) is 33.2 Å². The number of pyridine rings is 1. The fraction of sp³-hybridized carbons (Fsp3) is 0.273. The van der Waals surface area contributed by atoms with Crippen LogP contribution in [0.5, 0.6) is 0 Å². The molecule has 3 aromatic heterocycles. The van der Waals surface area contributed by atoms with Gasteiger partial charge in [-0.2, -0.15) is 0 Å². The second-order valence-corrected chi connectivity index (χ2v) is 11.1. The van der Waals surface area contributed by atoms with Gasteiger partial charge in [0.25, 0.3) is 0 Å². The van der Waals surface area contributed by atoms with Crippen LogP contribution in [0.4, 0.5) is 22.1 Å². The number of nitrogens with one attached hydrogen (secondary N) is 3. The molecule has 0 bridgehead atoms. The summed E-state index contributed by atoms with van der Waals surface area (Å²) >= 11 is 0. The van der Waals surface area contributed by atoms with Crippen LogP contribution in [-0.4, -0.2) is 57.0 Å². The van der Waals surface area contributed by atoms with E-state index in [1.807, 2.05) is 78.2 Å². The van der Waals surface area contributed by atoms with Crippen LogP contribution in [0.3, 0.4) is 0 Å². The van der Waals surface area contributed by atoms with Gasteiger partial charge in [0.1, 0.15) is 5.65 Å². The normalized spacial score (nSPS) is 12.1. The Morgan fingerprint density at radius 2 is 1.74 bits per heavy atom. The summed E-state index contributed by atoms with van der Waals surface area (Å²) in [7, 11) is 4.15. The van der Waals surface area contributed by atoms with E-state index in [0.717, 1.165) is 46.9 Å². The number of aromatic nitrogens is 4. The number of hydrogen-bond acceptors (Lipinski definition) is 6. The monoisotopic (exact) mass is 562 g/mol. The Labute approximate surface area is 247 Å². The van der Waals surface area contributed by atoms with E-state index in [9.17, 15) is 4.79 Å². The maximum atomic E-state index is 12.6. The van der Waals surface area contributed by atoms with Crippen LogP contribution < -0.4 is 16.0 Å². The molecule has 2 amide bonds. The van der Waals surface area contributed by atoms with Crippen molar-refractivity contribution in [3.8, 4) is 22.6 Å². The summed E-state index contributed by atoms with van der Waals surface area (Å²) in [6.45, 7) is 7.13. The molecule has 0 fully saturated rings. The molecule has 42 heavy (non-hydrogen) atoms. The smallest absolute Gasteiger partial charge is 0.319 e. The average Bonchev–Trinajstić information content (AvgIpc) is 3.36. The van der Waals surface area contributed by atoms with Crippen molar-refractivity contribution in [2.75, 3.05) is 31.3 Å². The highest BCUT2D eigenvalue weighted by atomic mass is 16.2. The highest BCUT2D eigenvalue weighted by Gasteiger charge is 2.19. The number of likely N-dealkylation sites (N-methyl/N-ethyl adjacent to an activating group) is 1. The van der Waals surface area contributed by atoms with Gasteiger partial charge in [0.15, 0.2) is 0 Å². The standard InChI is InChI=1S/C33H38N8O/c1-22(2)23(3)35-33(42)37-27-13-9-11-25(21-27)30-31(41-18-7-6-14-29(41)39-30)28-15-17-34-32(38-28)36-26-12-8-10-24(20-26)16-19-40(4)5/h6-15,17-18,20-23H,16,19H2,1-5H3,(H,34,36,38)(H2,35,37,42)/t23-/m0/s1. The first-order chi connectivity index (χ1) is 20.3. The van der Waals surface area contributed by atoms with Gasteiger partial charge < -0.3 is 20.9 Å². The molecule has 3 N–H and O–H groups in total. The minimum Gasteiger partial charge on any atom is -0.335 e. The summed E-state index contributed by atoms with van der Waals surface area (Å²) in [5, 5.41) is 9.33. The number of amides is 2. The number of carbonyl (C=O) groups excluding carboxylic acids is 1. The van der Waals surface area contributed by atoms with Crippen molar-refractivity contribution in [3.63, 3.8) is 0 Å². The van der Waals surface area contributed by atoms with E-state index in [0.29, 0.717) is 17.6 Å². The van der Waals surface area contributed by atoms with Gasteiger partial charge in [-0.3, -0.25) is 4.40 Å². The van der Waals surface area contributed by atoms with Crippen LogP contribution in [0.15, 0.2) is 85.2 Å². The van der Waals surface area contributed by atoms with E-state index in [1.54, 1.807) is 6.20 Å². The van der Waals surface area contributed by atoms with Gasteiger partial charge in [-0.25, -0.2) is 19.7 Å². The average molecular weight is 563 g/mol. The lowest BCUT2D eigenvalue weighted by molar-refractivity contribution is 0.246. The lowest BCUT2D eigenvalue weighted by Gasteiger charge is -2.18. The molecular weight excluding hydrogens is 524 g/mol. The highest BCUT2D eigenvalue weighted by Crippen LogP contribution is 2.33. The number of rotatable bonds is 10. The third kappa shape index (κ3) is 6.92. The third-order valence-electron chi connectivity index (χ3n) is 7.21. The van der Waals surface area contributed by atoms with Crippen LogP contribution in [0.25, 0.3) is 28.3 Å². The van der Waals surface area contributed by atoms with E-state index in [1.165, 1.54) is 5.56 Å². The van der Waals surface area contributed by atoms with Crippen LogP contribution >= 0.6 is 0 Å². The summed E-state index contributed by atoms with van der Waals surface area (Å²) in [5.74, 6) is 0.835. The molecule has 3 heterocycles. The fourth-order valence-electron chi connectivity index (χ4n) is 4.56. The fourth-order valence-corrected chi connectivity index (χ4v) is 4.56. The zero-order valence-corrected chi connectivity index (χ0v) is 24.8. The minimum absolute atomic E-state index is 0.0549. The first-order valence-electron chi connectivity index (χ1n) is 14.3. The predicted octanol–water partition coefficient (Wildman–Crippen LogP) is 6.47. The van der Waals surface area contributed by atoms with Crippen LogP contribution in [0.2, 0.25) is 0 Å². The highest BCUT2D eigenvalue weighted by molar-refractivity contribution is 5.91. The molecule has 9 nitrogen and oxygen atoms in total. The van der Waals surface area contributed by atoms with Crippen LogP contribution in [0, 0.1) is 5.92 Å². The summed E-state index contributed by atoms with van der Waals surface area (Å²) in [5.41, 5.74) is 6.86.